The van der Waals surface area contributed by atoms with Crippen molar-refractivity contribution in [2.24, 2.45) is 5.18 Å². The molecule has 0 fully saturated rings. The zero-order valence-electron chi connectivity index (χ0n) is 10.1. The van der Waals surface area contributed by atoms with E-state index < -0.39 is 0 Å². The van der Waals surface area contributed by atoms with Gasteiger partial charge in [0.2, 0.25) is 0 Å². The fraction of sp³-hybridized carbons (Fsp3) is 0.286. The molecule has 2 aromatic rings. The van der Waals surface area contributed by atoms with Crippen LogP contribution in [0.4, 0.5) is 11.4 Å². The molecule has 0 aromatic heterocycles. The molecule has 4 heteroatoms. The fourth-order valence-electron chi connectivity index (χ4n) is 2.83. The molecule has 1 aliphatic rings. The van der Waals surface area contributed by atoms with Crippen LogP contribution in [0.5, 0.6) is 0 Å². The summed E-state index contributed by atoms with van der Waals surface area (Å²) in [6.45, 7) is 0.894. The summed E-state index contributed by atoms with van der Waals surface area (Å²) in [7, 11) is 2.02. The van der Waals surface area contributed by atoms with E-state index >= 15 is 0 Å². The predicted octanol–water partition coefficient (Wildman–Crippen LogP) is 4.01. The third-order valence-corrected chi connectivity index (χ3v) is 4.01. The lowest BCUT2D eigenvalue weighted by Crippen LogP contribution is -2.15. The second-order valence-electron chi connectivity index (χ2n) is 4.70. The quantitative estimate of drug-likeness (QED) is 0.604. The number of hydrogen-bond donors (Lipinski definition) is 0. The van der Waals surface area contributed by atoms with Gasteiger partial charge < -0.3 is 4.90 Å². The van der Waals surface area contributed by atoms with Crippen LogP contribution in [0.15, 0.2) is 35.5 Å². The molecule has 92 valence electrons. The van der Waals surface area contributed by atoms with Crippen LogP contribution in [0, 0.1) is 4.91 Å². The molecule has 1 heterocycles. The standard InChI is InChI=1S/C14H13ClN2O/c1-17-8-9(7-15)14-11-5-3-2-4-10(11)12(16-18)6-13(14)17/h2-6,9H,7-8H2,1H3/t9-/m1/s1. The number of rotatable bonds is 2. The van der Waals surface area contributed by atoms with Crippen molar-refractivity contribution in [2.45, 2.75) is 5.92 Å². The van der Waals surface area contributed by atoms with E-state index in [0.717, 1.165) is 23.0 Å². The van der Waals surface area contributed by atoms with E-state index in [4.69, 9.17) is 11.6 Å². The van der Waals surface area contributed by atoms with Crippen LogP contribution < -0.4 is 4.90 Å². The molecule has 0 amide bonds. The van der Waals surface area contributed by atoms with Crippen molar-refractivity contribution in [3.8, 4) is 0 Å². The van der Waals surface area contributed by atoms with Crippen molar-refractivity contribution < 1.29 is 0 Å². The van der Waals surface area contributed by atoms with Crippen molar-refractivity contribution in [3.63, 3.8) is 0 Å². The first-order chi connectivity index (χ1) is 8.76. The van der Waals surface area contributed by atoms with E-state index in [1.807, 2.05) is 37.4 Å². The van der Waals surface area contributed by atoms with Gasteiger partial charge in [-0.15, -0.1) is 16.5 Å². The van der Waals surface area contributed by atoms with Crippen LogP contribution in [-0.4, -0.2) is 19.5 Å². The highest BCUT2D eigenvalue weighted by Crippen LogP contribution is 2.44. The van der Waals surface area contributed by atoms with E-state index in [9.17, 15) is 4.91 Å². The molecule has 1 atom stereocenters. The molecule has 3 nitrogen and oxygen atoms in total. The summed E-state index contributed by atoms with van der Waals surface area (Å²) in [6, 6.07) is 9.77. The first kappa shape index (κ1) is 11.5. The molecular weight excluding hydrogens is 248 g/mol. The number of anilines is 1. The van der Waals surface area contributed by atoms with Gasteiger partial charge in [0.1, 0.15) is 5.69 Å². The molecule has 2 aromatic carbocycles. The van der Waals surface area contributed by atoms with Crippen molar-refractivity contribution in [1.29, 1.82) is 0 Å². The van der Waals surface area contributed by atoms with Crippen molar-refractivity contribution in [1.82, 2.24) is 0 Å². The van der Waals surface area contributed by atoms with Gasteiger partial charge in [-0.25, -0.2) is 0 Å². The highest BCUT2D eigenvalue weighted by molar-refractivity contribution is 6.18. The lowest BCUT2D eigenvalue weighted by atomic mass is 9.95. The maximum absolute atomic E-state index is 11.0. The van der Waals surface area contributed by atoms with Crippen LogP contribution in [0.25, 0.3) is 10.8 Å². The third-order valence-electron chi connectivity index (χ3n) is 3.64. The number of hydrogen-bond acceptors (Lipinski definition) is 3. The summed E-state index contributed by atoms with van der Waals surface area (Å²) in [6.07, 6.45) is 0. The molecule has 0 saturated carbocycles. The molecule has 0 radical (unpaired) electrons. The molecule has 1 aliphatic heterocycles. The predicted molar refractivity (Wildman–Crippen MR) is 76.1 cm³/mol. The van der Waals surface area contributed by atoms with E-state index in [1.54, 1.807) is 0 Å². The molecule has 18 heavy (non-hydrogen) atoms. The molecule has 0 unspecified atom stereocenters. The number of alkyl halides is 1. The number of benzene rings is 2. The van der Waals surface area contributed by atoms with Gasteiger partial charge in [-0.05, 0) is 22.2 Å². The van der Waals surface area contributed by atoms with Gasteiger partial charge >= 0.3 is 0 Å². The number of likely N-dealkylation sites (N-methyl/N-ethyl adjacent to an activating group) is 1. The Labute approximate surface area is 110 Å². The van der Waals surface area contributed by atoms with Gasteiger partial charge in [-0.2, -0.15) is 0 Å². The average Bonchev–Trinajstić information content (AvgIpc) is 2.74. The summed E-state index contributed by atoms with van der Waals surface area (Å²) in [5, 5.41) is 5.16. The second kappa shape index (κ2) is 4.25. The maximum atomic E-state index is 11.0. The molecule has 0 aliphatic carbocycles. The van der Waals surface area contributed by atoms with Gasteiger partial charge in [-0.3, -0.25) is 0 Å². The Morgan fingerprint density at radius 3 is 2.78 bits per heavy atom. The molecule has 0 N–H and O–H groups in total. The van der Waals surface area contributed by atoms with Crippen LogP contribution in [-0.2, 0) is 0 Å². The zero-order chi connectivity index (χ0) is 12.7. The monoisotopic (exact) mass is 260 g/mol. The van der Waals surface area contributed by atoms with Gasteiger partial charge in [-0.1, -0.05) is 24.3 Å². The van der Waals surface area contributed by atoms with E-state index in [1.165, 1.54) is 5.56 Å². The Balaban J connectivity index is 2.40. The molecule has 0 spiro atoms. The zero-order valence-corrected chi connectivity index (χ0v) is 10.8. The highest BCUT2D eigenvalue weighted by Gasteiger charge is 2.28. The van der Waals surface area contributed by atoms with E-state index in [2.05, 4.69) is 10.1 Å². The third kappa shape index (κ3) is 1.51. The summed E-state index contributed by atoms with van der Waals surface area (Å²) in [5.74, 6) is 0.909. The smallest absolute Gasteiger partial charge is 0.117 e. The minimum atomic E-state index is 0.317. The highest BCUT2D eigenvalue weighted by atomic mass is 35.5. The lowest BCUT2D eigenvalue weighted by molar-refractivity contribution is 0.807. The Morgan fingerprint density at radius 1 is 1.39 bits per heavy atom. The van der Waals surface area contributed by atoms with Crippen LogP contribution >= 0.6 is 11.6 Å². The molecule has 0 saturated heterocycles. The van der Waals surface area contributed by atoms with Crippen LogP contribution in [0.2, 0.25) is 0 Å². The van der Waals surface area contributed by atoms with Gasteiger partial charge in [0.05, 0.1) is 0 Å². The van der Waals surface area contributed by atoms with Crippen LogP contribution in [0.3, 0.4) is 0 Å². The second-order valence-corrected chi connectivity index (χ2v) is 5.01. The van der Waals surface area contributed by atoms with Gasteiger partial charge in [0.25, 0.3) is 0 Å². The fourth-order valence-corrected chi connectivity index (χ4v) is 3.08. The summed E-state index contributed by atoms with van der Waals surface area (Å²) >= 11 is 6.06. The SMILES string of the molecule is CN1C[C@@H](CCl)c2c1cc(N=O)c1ccccc21. The van der Waals surface area contributed by atoms with Crippen LogP contribution in [0.1, 0.15) is 11.5 Å². The number of nitrogens with zero attached hydrogens (tertiary/aromatic N) is 2. The molecular formula is C14H13ClN2O. The first-order valence-electron chi connectivity index (χ1n) is 5.92. The Hall–Kier alpha value is -1.61. The lowest BCUT2D eigenvalue weighted by Gasteiger charge is -2.13. The van der Waals surface area contributed by atoms with E-state index in [-0.39, 0.29) is 0 Å². The topological polar surface area (TPSA) is 32.7 Å². The normalized spacial score (nSPS) is 18.1. The minimum Gasteiger partial charge on any atom is -0.374 e. The largest absolute Gasteiger partial charge is 0.374 e. The van der Waals surface area contributed by atoms with Gasteiger partial charge in [0.15, 0.2) is 0 Å². The Kier molecular flexibility index (Phi) is 2.71. The number of halogens is 1. The Morgan fingerprint density at radius 2 is 2.11 bits per heavy atom. The Bertz CT molecular complexity index is 626. The van der Waals surface area contributed by atoms with Crippen molar-refractivity contribution in [2.75, 3.05) is 24.4 Å². The number of nitroso groups, excluding NO2 is 1. The van der Waals surface area contributed by atoms with Gasteiger partial charge in [0, 0.05) is 36.5 Å². The maximum Gasteiger partial charge on any atom is 0.117 e. The number of fused-ring (bicyclic) bond motifs is 3. The summed E-state index contributed by atoms with van der Waals surface area (Å²) < 4.78 is 0. The minimum absolute atomic E-state index is 0.317. The average molecular weight is 261 g/mol. The van der Waals surface area contributed by atoms with Crippen molar-refractivity contribution >= 4 is 33.7 Å². The summed E-state index contributed by atoms with van der Waals surface area (Å²) in [5.41, 5.74) is 2.83. The molecule has 3 rings (SSSR count). The van der Waals surface area contributed by atoms with Crippen molar-refractivity contribution in [3.05, 3.63) is 40.8 Å². The van der Waals surface area contributed by atoms with E-state index in [0.29, 0.717) is 17.5 Å². The molecule has 0 bridgehead atoms. The summed E-state index contributed by atoms with van der Waals surface area (Å²) in [4.78, 5) is 13.1. The first-order valence-corrected chi connectivity index (χ1v) is 6.45.